The first-order chi connectivity index (χ1) is 8.79. The summed E-state index contributed by atoms with van der Waals surface area (Å²) in [7, 11) is 0. The number of aliphatic hydroxyl groups is 1. The van der Waals surface area contributed by atoms with Gasteiger partial charge in [-0.05, 0) is 31.4 Å². The van der Waals surface area contributed by atoms with Gasteiger partial charge in [0.25, 0.3) is 0 Å². The van der Waals surface area contributed by atoms with Crippen LogP contribution in [0.2, 0.25) is 0 Å². The zero-order valence-corrected chi connectivity index (χ0v) is 11.0. The predicted octanol–water partition coefficient (Wildman–Crippen LogP) is 1.41. The molecule has 0 saturated carbocycles. The number of nitrogens with zero attached hydrogens (tertiary/aromatic N) is 2. The van der Waals surface area contributed by atoms with Crippen LogP contribution < -0.4 is 10.2 Å². The van der Waals surface area contributed by atoms with Crippen molar-refractivity contribution in [3.05, 3.63) is 24.5 Å². The lowest BCUT2D eigenvalue weighted by molar-refractivity contribution is 0.160. The summed E-state index contributed by atoms with van der Waals surface area (Å²) in [5.41, 5.74) is 1.26. The maximum absolute atomic E-state index is 9.54. The van der Waals surface area contributed by atoms with Gasteiger partial charge >= 0.3 is 0 Å². The molecular weight excluding hydrogens is 226 g/mol. The van der Waals surface area contributed by atoms with Gasteiger partial charge < -0.3 is 15.3 Å². The Balaban J connectivity index is 1.75. The summed E-state index contributed by atoms with van der Waals surface area (Å²) in [6.07, 6.45) is 6.58. The van der Waals surface area contributed by atoms with Crippen LogP contribution in [0.15, 0.2) is 24.5 Å². The number of hydrogen-bond donors (Lipinski definition) is 2. The molecule has 0 amide bonds. The van der Waals surface area contributed by atoms with E-state index in [0.29, 0.717) is 6.04 Å². The van der Waals surface area contributed by atoms with Gasteiger partial charge in [0.05, 0.1) is 6.10 Å². The number of rotatable bonds is 5. The second kappa shape index (κ2) is 6.71. The van der Waals surface area contributed by atoms with Crippen molar-refractivity contribution in [1.82, 2.24) is 10.3 Å². The molecule has 0 aliphatic carbocycles. The number of pyridine rings is 1. The van der Waals surface area contributed by atoms with Gasteiger partial charge in [0.15, 0.2) is 0 Å². The Kier molecular flexibility index (Phi) is 4.96. The fourth-order valence-corrected chi connectivity index (χ4v) is 2.34. The molecule has 0 aromatic carbocycles. The van der Waals surface area contributed by atoms with Gasteiger partial charge in [-0.25, -0.2) is 0 Å². The van der Waals surface area contributed by atoms with Crippen LogP contribution in [0.5, 0.6) is 0 Å². The highest BCUT2D eigenvalue weighted by Gasteiger charge is 2.19. The molecule has 1 unspecified atom stereocenters. The van der Waals surface area contributed by atoms with Crippen molar-refractivity contribution >= 4 is 5.69 Å². The number of aliphatic hydroxyl groups excluding tert-OH is 1. The van der Waals surface area contributed by atoms with Crippen LogP contribution >= 0.6 is 0 Å². The summed E-state index contributed by atoms with van der Waals surface area (Å²) in [6.45, 7) is 4.88. The van der Waals surface area contributed by atoms with E-state index in [0.717, 1.165) is 38.9 Å². The summed E-state index contributed by atoms with van der Waals surface area (Å²) in [4.78, 5) is 6.45. The average molecular weight is 249 g/mol. The average Bonchev–Trinajstić information content (AvgIpc) is 2.46. The van der Waals surface area contributed by atoms with Gasteiger partial charge in [0.1, 0.15) is 0 Å². The van der Waals surface area contributed by atoms with Gasteiger partial charge in [-0.3, -0.25) is 4.98 Å². The van der Waals surface area contributed by atoms with Crippen LogP contribution in [0, 0.1) is 0 Å². The first-order valence-electron chi connectivity index (χ1n) is 6.86. The standard InChI is InChI=1S/C14H23N3O/c1-2-14(18)11-16-12-5-9-17(10-6-12)13-3-7-15-8-4-13/h3-4,7-8,12,14,16,18H,2,5-6,9-11H2,1H3. The summed E-state index contributed by atoms with van der Waals surface area (Å²) in [5.74, 6) is 0. The molecule has 0 radical (unpaired) electrons. The molecule has 1 aliphatic rings. The van der Waals surface area contributed by atoms with Crippen LogP contribution in [-0.2, 0) is 0 Å². The van der Waals surface area contributed by atoms with E-state index in [1.165, 1.54) is 5.69 Å². The van der Waals surface area contributed by atoms with Crippen molar-refractivity contribution in [3.63, 3.8) is 0 Å². The van der Waals surface area contributed by atoms with Gasteiger partial charge in [-0.15, -0.1) is 0 Å². The zero-order valence-electron chi connectivity index (χ0n) is 11.0. The second-order valence-electron chi connectivity index (χ2n) is 4.94. The van der Waals surface area contributed by atoms with E-state index in [-0.39, 0.29) is 6.10 Å². The van der Waals surface area contributed by atoms with E-state index >= 15 is 0 Å². The monoisotopic (exact) mass is 249 g/mol. The molecule has 4 nitrogen and oxygen atoms in total. The van der Waals surface area contributed by atoms with Crippen molar-refractivity contribution in [1.29, 1.82) is 0 Å². The molecule has 0 bridgehead atoms. The molecule has 100 valence electrons. The lowest BCUT2D eigenvalue weighted by atomic mass is 10.0. The van der Waals surface area contributed by atoms with E-state index in [4.69, 9.17) is 0 Å². The molecule has 1 aliphatic heterocycles. The smallest absolute Gasteiger partial charge is 0.0662 e. The Morgan fingerprint density at radius 1 is 1.39 bits per heavy atom. The van der Waals surface area contributed by atoms with Crippen LogP contribution in [-0.4, -0.2) is 41.9 Å². The Morgan fingerprint density at radius 3 is 2.67 bits per heavy atom. The Labute approximate surface area is 109 Å². The molecule has 4 heteroatoms. The minimum absolute atomic E-state index is 0.205. The highest BCUT2D eigenvalue weighted by molar-refractivity contribution is 5.44. The minimum atomic E-state index is -0.205. The third kappa shape index (κ3) is 3.68. The fraction of sp³-hybridized carbons (Fsp3) is 0.643. The van der Waals surface area contributed by atoms with Crippen molar-refractivity contribution in [2.75, 3.05) is 24.5 Å². The number of aromatic nitrogens is 1. The lowest BCUT2D eigenvalue weighted by Gasteiger charge is -2.34. The van der Waals surface area contributed by atoms with Gasteiger partial charge in [-0.2, -0.15) is 0 Å². The predicted molar refractivity (Wildman–Crippen MR) is 73.8 cm³/mol. The van der Waals surface area contributed by atoms with E-state index < -0.39 is 0 Å². The molecule has 2 rings (SSSR count). The number of nitrogens with one attached hydrogen (secondary N) is 1. The quantitative estimate of drug-likeness (QED) is 0.828. The molecule has 0 spiro atoms. The largest absolute Gasteiger partial charge is 0.392 e. The summed E-state index contributed by atoms with van der Waals surface area (Å²) >= 11 is 0. The van der Waals surface area contributed by atoms with E-state index in [1.54, 1.807) is 0 Å². The molecule has 1 fully saturated rings. The van der Waals surface area contributed by atoms with Crippen LogP contribution in [0.3, 0.4) is 0 Å². The van der Waals surface area contributed by atoms with Crippen molar-refractivity contribution in [2.45, 2.75) is 38.3 Å². The van der Waals surface area contributed by atoms with Crippen LogP contribution in [0.1, 0.15) is 26.2 Å². The lowest BCUT2D eigenvalue weighted by Crippen LogP contribution is -2.44. The topological polar surface area (TPSA) is 48.4 Å². The molecule has 1 saturated heterocycles. The van der Waals surface area contributed by atoms with Crippen molar-refractivity contribution in [3.8, 4) is 0 Å². The molecule has 18 heavy (non-hydrogen) atoms. The normalized spacial score (nSPS) is 18.9. The van der Waals surface area contributed by atoms with E-state index in [2.05, 4.69) is 27.3 Å². The van der Waals surface area contributed by atoms with E-state index in [9.17, 15) is 5.11 Å². The van der Waals surface area contributed by atoms with Gasteiger partial charge in [0, 0.05) is 43.8 Å². The third-order valence-electron chi connectivity index (χ3n) is 3.64. The van der Waals surface area contributed by atoms with Crippen LogP contribution in [0.4, 0.5) is 5.69 Å². The summed E-state index contributed by atoms with van der Waals surface area (Å²) in [5, 5.41) is 13.0. The number of anilines is 1. The third-order valence-corrected chi connectivity index (χ3v) is 3.64. The first-order valence-corrected chi connectivity index (χ1v) is 6.86. The van der Waals surface area contributed by atoms with Gasteiger partial charge in [0.2, 0.25) is 0 Å². The fourth-order valence-electron chi connectivity index (χ4n) is 2.34. The Hall–Kier alpha value is -1.13. The highest BCUT2D eigenvalue weighted by Crippen LogP contribution is 2.18. The zero-order chi connectivity index (χ0) is 12.8. The summed E-state index contributed by atoms with van der Waals surface area (Å²) in [6, 6.07) is 4.67. The minimum Gasteiger partial charge on any atom is -0.392 e. The molecule has 2 N–H and O–H groups in total. The van der Waals surface area contributed by atoms with Crippen LogP contribution in [0.25, 0.3) is 0 Å². The molecule has 1 aromatic rings. The number of piperidine rings is 1. The maximum atomic E-state index is 9.54. The molecular formula is C14H23N3O. The van der Waals surface area contributed by atoms with Gasteiger partial charge in [-0.1, -0.05) is 6.92 Å². The van der Waals surface area contributed by atoms with Crippen molar-refractivity contribution < 1.29 is 5.11 Å². The Morgan fingerprint density at radius 2 is 2.06 bits per heavy atom. The molecule has 1 atom stereocenters. The summed E-state index contributed by atoms with van der Waals surface area (Å²) < 4.78 is 0. The van der Waals surface area contributed by atoms with Crippen molar-refractivity contribution in [2.24, 2.45) is 0 Å². The highest BCUT2D eigenvalue weighted by atomic mass is 16.3. The SMILES string of the molecule is CCC(O)CNC1CCN(c2ccncc2)CC1. The maximum Gasteiger partial charge on any atom is 0.0662 e. The second-order valence-corrected chi connectivity index (χ2v) is 4.94. The number of hydrogen-bond acceptors (Lipinski definition) is 4. The first kappa shape index (κ1) is 13.3. The Bertz CT molecular complexity index is 336. The van der Waals surface area contributed by atoms with E-state index in [1.807, 2.05) is 19.3 Å². The molecule has 2 heterocycles. The molecule has 1 aromatic heterocycles.